The maximum Gasteiger partial charge on any atom is 0.244 e. The van der Waals surface area contributed by atoms with Crippen LogP contribution in [-0.2, 0) is 14.3 Å². The molecule has 15 heavy (non-hydrogen) atoms. The summed E-state index contributed by atoms with van der Waals surface area (Å²) in [4.78, 5) is 22.3. The van der Waals surface area contributed by atoms with Crippen molar-refractivity contribution in [2.45, 2.75) is 50.0 Å². The van der Waals surface area contributed by atoms with Crippen LogP contribution in [0.2, 0.25) is 0 Å². The maximum absolute atomic E-state index is 11.3. The Balaban J connectivity index is 1.62. The molecule has 0 aromatic rings. The second-order valence-corrected chi connectivity index (χ2v) is 4.55. The Morgan fingerprint density at radius 2 is 2.20 bits per heavy atom. The lowest BCUT2D eigenvalue weighted by molar-refractivity contribution is -0.125. The first-order valence-corrected chi connectivity index (χ1v) is 5.47. The zero-order valence-corrected chi connectivity index (χ0v) is 8.36. The fraction of sp³-hybridized carbons (Fsp3) is 0.800. The predicted octanol–water partition coefficient (Wildman–Crippen LogP) is -0.689. The molecule has 5 heteroatoms. The summed E-state index contributed by atoms with van der Waals surface area (Å²) in [6, 6.07) is -0.0872. The highest BCUT2D eigenvalue weighted by Gasteiger charge is 2.43. The van der Waals surface area contributed by atoms with Crippen LogP contribution in [0.5, 0.6) is 0 Å². The minimum Gasteiger partial charge on any atom is -0.373 e. The van der Waals surface area contributed by atoms with E-state index in [2.05, 4.69) is 10.6 Å². The Labute approximate surface area is 87.5 Å². The molecule has 4 unspecified atom stereocenters. The zero-order valence-electron chi connectivity index (χ0n) is 8.36. The van der Waals surface area contributed by atoms with Crippen molar-refractivity contribution in [3.05, 3.63) is 0 Å². The number of hydrogen-bond donors (Lipinski definition) is 2. The molecule has 0 saturated carbocycles. The summed E-state index contributed by atoms with van der Waals surface area (Å²) in [5.74, 6) is -0.371. The Morgan fingerprint density at radius 3 is 2.73 bits per heavy atom. The van der Waals surface area contributed by atoms with Gasteiger partial charge in [-0.1, -0.05) is 0 Å². The summed E-state index contributed by atoms with van der Waals surface area (Å²) in [6.07, 6.45) is 4.07. The molecule has 82 valence electrons. The highest BCUT2D eigenvalue weighted by Crippen LogP contribution is 2.34. The van der Waals surface area contributed by atoms with Crippen LogP contribution >= 0.6 is 0 Å². The van der Waals surface area contributed by atoms with Crippen LogP contribution in [0.3, 0.4) is 0 Å². The molecule has 3 heterocycles. The lowest BCUT2D eigenvalue weighted by atomic mass is 9.95. The molecule has 3 saturated heterocycles. The highest BCUT2D eigenvalue weighted by atomic mass is 16.5. The third-order valence-corrected chi connectivity index (χ3v) is 3.49. The fourth-order valence-electron chi connectivity index (χ4n) is 2.76. The van der Waals surface area contributed by atoms with Crippen LogP contribution in [-0.4, -0.2) is 36.1 Å². The van der Waals surface area contributed by atoms with E-state index >= 15 is 0 Å². The Kier molecular flexibility index (Phi) is 2.03. The summed E-state index contributed by atoms with van der Waals surface area (Å²) < 4.78 is 5.68. The number of nitrogens with one attached hydrogen (secondary N) is 2. The van der Waals surface area contributed by atoms with Crippen LogP contribution < -0.4 is 10.6 Å². The number of hydrogen-bond acceptors (Lipinski definition) is 4. The first-order chi connectivity index (χ1) is 7.22. The number of ether oxygens (including phenoxy) is 1. The molecule has 2 bridgehead atoms. The Bertz CT molecular complexity index is 318. The molecular weight excluding hydrogens is 196 g/mol. The Hall–Kier alpha value is -0.940. The molecule has 0 spiro atoms. The van der Waals surface area contributed by atoms with E-state index in [0.717, 1.165) is 19.3 Å². The molecule has 3 fully saturated rings. The minimum atomic E-state index is -0.342. The van der Waals surface area contributed by atoms with Crippen molar-refractivity contribution in [1.29, 1.82) is 0 Å². The van der Waals surface area contributed by atoms with Gasteiger partial charge in [-0.3, -0.25) is 20.2 Å². The number of fused-ring (bicyclic) bond motifs is 2. The van der Waals surface area contributed by atoms with E-state index in [-0.39, 0.29) is 36.4 Å². The molecule has 3 aliphatic heterocycles. The number of amides is 2. The molecule has 2 amide bonds. The smallest absolute Gasteiger partial charge is 0.244 e. The second-order valence-electron chi connectivity index (χ2n) is 4.55. The SMILES string of the molecule is O=C1CC(NC2CC3CCC2O3)C(=O)N1. The lowest BCUT2D eigenvalue weighted by Gasteiger charge is -2.22. The molecule has 0 radical (unpaired) electrons. The first kappa shape index (κ1) is 9.30. The van der Waals surface area contributed by atoms with Crippen LogP contribution in [0.1, 0.15) is 25.7 Å². The van der Waals surface area contributed by atoms with Gasteiger partial charge in [-0.15, -0.1) is 0 Å². The van der Waals surface area contributed by atoms with Gasteiger partial charge >= 0.3 is 0 Å². The van der Waals surface area contributed by atoms with Gasteiger partial charge in [-0.2, -0.15) is 0 Å². The molecule has 3 rings (SSSR count). The van der Waals surface area contributed by atoms with Gasteiger partial charge in [0.1, 0.15) is 0 Å². The quantitative estimate of drug-likeness (QED) is 0.592. The van der Waals surface area contributed by atoms with Crippen LogP contribution in [0.15, 0.2) is 0 Å². The number of rotatable bonds is 2. The maximum atomic E-state index is 11.3. The summed E-state index contributed by atoms with van der Waals surface area (Å²) in [6.45, 7) is 0. The van der Waals surface area contributed by atoms with Crippen LogP contribution in [0.4, 0.5) is 0 Å². The fourth-order valence-corrected chi connectivity index (χ4v) is 2.76. The third kappa shape index (κ3) is 1.55. The first-order valence-electron chi connectivity index (χ1n) is 5.47. The van der Waals surface area contributed by atoms with Gasteiger partial charge in [0, 0.05) is 6.04 Å². The molecule has 0 aliphatic carbocycles. The predicted molar refractivity (Wildman–Crippen MR) is 51.0 cm³/mol. The summed E-state index contributed by atoms with van der Waals surface area (Å²) >= 11 is 0. The normalized spacial score (nSPS) is 43.7. The summed E-state index contributed by atoms with van der Waals surface area (Å²) in [7, 11) is 0. The van der Waals surface area contributed by atoms with Gasteiger partial charge in [0.15, 0.2) is 0 Å². The van der Waals surface area contributed by atoms with Crippen molar-refractivity contribution in [2.24, 2.45) is 0 Å². The monoisotopic (exact) mass is 210 g/mol. The van der Waals surface area contributed by atoms with Crippen molar-refractivity contribution in [2.75, 3.05) is 0 Å². The van der Waals surface area contributed by atoms with Crippen molar-refractivity contribution < 1.29 is 14.3 Å². The topological polar surface area (TPSA) is 67.4 Å². The zero-order chi connectivity index (χ0) is 10.4. The van der Waals surface area contributed by atoms with Gasteiger partial charge in [0.05, 0.1) is 24.7 Å². The van der Waals surface area contributed by atoms with E-state index < -0.39 is 0 Å². The van der Waals surface area contributed by atoms with E-state index in [1.807, 2.05) is 0 Å². The molecule has 3 aliphatic rings. The Morgan fingerprint density at radius 1 is 1.33 bits per heavy atom. The van der Waals surface area contributed by atoms with Gasteiger partial charge in [0.25, 0.3) is 0 Å². The summed E-state index contributed by atoms with van der Waals surface area (Å²) in [5, 5.41) is 5.54. The van der Waals surface area contributed by atoms with Gasteiger partial charge in [0.2, 0.25) is 11.8 Å². The molecule has 0 aromatic carbocycles. The van der Waals surface area contributed by atoms with Crippen molar-refractivity contribution >= 4 is 11.8 Å². The van der Waals surface area contributed by atoms with Crippen LogP contribution in [0, 0.1) is 0 Å². The van der Waals surface area contributed by atoms with Gasteiger partial charge in [-0.05, 0) is 19.3 Å². The molecule has 0 aromatic heterocycles. The van der Waals surface area contributed by atoms with Crippen LogP contribution in [0.25, 0.3) is 0 Å². The van der Waals surface area contributed by atoms with E-state index in [0.29, 0.717) is 6.10 Å². The standard InChI is InChI=1S/C10H14N2O3/c13-9-4-7(10(14)12-9)11-6-3-5-1-2-8(6)15-5/h5-8,11H,1-4H2,(H,12,13,14). The van der Waals surface area contributed by atoms with E-state index in [1.54, 1.807) is 0 Å². The minimum absolute atomic E-state index is 0.179. The highest BCUT2D eigenvalue weighted by molar-refractivity contribution is 6.05. The van der Waals surface area contributed by atoms with Crippen molar-refractivity contribution in [3.8, 4) is 0 Å². The second kappa shape index (κ2) is 3.28. The van der Waals surface area contributed by atoms with Crippen molar-refractivity contribution in [1.82, 2.24) is 10.6 Å². The van der Waals surface area contributed by atoms with E-state index in [9.17, 15) is 9.59 Å². The third-order valence-electron chi connectivity index (χ3n) is 3.49. The average molecular weight is 210 g/mol. The molecule has 2 N–H and O–H groups in total. The average Bonchev–Trinajstić information content (AvgIpc) is 2.83. The molecular formula is C10H14N2O3. The van der Waals surface area contributed by atoms with Gasteiger partial charge in [-0.25, -0.2) is 0 Å². The molecule has 5 nitrogen and oxygen atoms in total. The molecule has 4 atom stereocenters. The summed E-state index contributed by atoms with van der Waals surface area (Å²) in [5.41, 5.74) is 0. The van der Waals surface area contributed by atoms with E-state index in [1.165, 1.54) is 0 Å². The van der Waals surface area contributed by atoms with Gasteiger partial charge < -0.3 is 4.74 Å². The van der Waals surface area contributed by atoms with Crippen molar-refractivity contribution in [3.63, 3.8) is 0 Å². The number of carbonyl (C=O) groups excluding carboxylic acids is 2. The lowest BCUT2D eigenvalue weighted by Crippen LogP contribution is -2.46. The van der Waals surface area contributed by atoms with E-state index in [4.69, 9.17) is 4.74 Å². The number of carbonyl (C=O) groups is 2. The largest absolute Gasteiger partial charge is 0.373 e. The number of imide groups is 1.